The molecule has 236 valence electrons. The van der Waals surface area contributed by atoms with Crippen molar-refractivity contribution in [2.24, 2.45) is 0 Å². The van der Waals surface area contributed by atoms with Crippen LogP contribution in [-0.2, 0) is 9.53 Å². The second-order valence-electron chi connectivity index (χ2n) is 10.6. The third kappa shape index (κ3) is 12.0. The van der Waals surface area contributed by atoms with E-state index in [2.05, 4.69) is 37.7 Å². The number of rotatable bonds is 4. The Morgan fingerprint density at radius 2 is 1.47 bits per heavy atom. The SMILES string of the molecule is CN1CCC(C(=O)c2cccnc2)=C1[OH2+].CN1CCCC1=O.CN1CCCC1c1cccnc1.COC(=O)c1cccnc1.[H-].[K+]. The molecule has 0 bridgehead atoms. The summed E-state index contributed by atoms with van der Waals surface area (Å²) >= 11 is 0. The number of pyridine rings is 3. The maximum Gasteiger partial charge on any atom is 1.00 e. The topological polar surface area (TPSA) is 132 Å². The van der Waals surface area contributed by atoms with Crippen LogP contribution in [0.5, 0.6) is 0 Å². The minimum Gasteiger partial charge on any atom is -1.00 e. The second kappa shape index (κ2) is 20.2. The summed E-state index contributed by atoms with van der Waals surface area (Å²) in [5, 5.41) is 7.74. The minimum atomic E-state index is -0.354. The molecule has 3 aromatic heterocycles. The van der Waals surface area contributed by atoms with Gasteiger partial charge in [0.05, 0.1) is 12.7 Å². The molecule has 12 heteroatoms. The van der Waals surface area contributed by atoms with E-state index in [0.29, 0.717) is 41.0 Å². The predicted octanol–water partition coefficient (Wildman–Crippen LogP) is 0.608. The van der Waals surface area contributed by atoms with E-state index in [9.17, 15) is 14.4 Å². The Morgan fingerprint density at radius 3 is 1.87 bits per heavy atom. The number of carbonyl (C=O) groups is 3. The Labute approximate surface area is 309 Å². The molecule has 6 rings (SSSR count). The van der Waals surface area contributed by atoms with E-state index in [0.717, 1.165) is 25.9 Å². The molecule has 1 unspecified atom stereocenters. The summed E-state index contributed by atoms with van der Waals surface area (Å²) in [6.45, 7) is 2.93. The van der Waals surface area contributed by atoms with Crippen molar-refractivity contribution in [3.63, 3.8) is 0 Å². The molecular weight excluding hydrogens is 599 g/mol. The number of carbonyl (C=O) groups excluding carboxylic acids is 3. The van der Waals surface area contributed by atoms with Gasteiger partial charge in [0.1, 0.15) is 5.57 Å². The van der Waals surface area contributed by atoms with Crippen LogP contribution in [-0.4, -0.2) is 100 Å². The van der Waals surface area contributed by atoms with Crippen LogP contribution in [0.15, 0.2) is 85.0 Å². The Kier molecular flexibility index (Phi) is 17.1. The van der Waals surface area contributed by atoms with Gasteiger partial charge in [-0.3, -0.25) is 29.4 Å². The van der Waals surface area contributed by atoms with Gasteiger partial charge in [-0.25, -0.2) is 4.79 Å². The molecule has 3 aliphatic heterocycles. The number of likely N-dealkylation sites (tertiary alicyclic amines) is 2. The van der Waals surface area contributed by atoms with Gasteiger partial charge in [0, 0.05) is 88.8 Å². The number of aromatic nitrogens is 3. The van der Waals surface area contributed by atoms with Crippen LogP contribution in [0.1, 0.15) is 65.9 Å². The molecule has 0 aliphatic carbocycles. The maximum absolute atomic E-state index is 12.0. The van der Waals surface area contributed by atoms with Gasteiger partial charge >= 0.3 is 63.2 Å². The molecule has 45 heavy (non-hydrogen) atoms. The van der Waals surface area contributed by atoms with Crippen molar-refractivity contribution >= 4 is 17.7 Å². The number of Topliss-reactive ketones (excluding diaryl/α,β-unsaturated/α-hetero) is 1. The van der Waals surface area contributed by atoms with Gasteiger partial charge in [-0.2, -0.15) is 0 Å². The first-order valence-corrected chi connectivity index (χ1v) is 14.7. The van der Waals surface area contributed by atoms with Crippen molar-refractivity contribution in [3.8, 4) is 0 Å². The molecular formula is C33H44KN6O5+. The van der Waals surface area contributed by atoms with Gasteiger partial charge in [0.25, 0.3) is 0 Å². The number of amides is 1. The van der Waals surface area contributed by atoms with Crippen LogP contribution < -0.4 is 51.4 Å². The quantitative estimate of drug-likeness (QED) is 0.174. The number of hydrogen-bond acceptors (Lipinski definition) is 9. The van der Waals surface area contributed by atoms with Gasteiger partial charge in [0.2, 0.25) is 11.7 Å². The van der Waals surface area contributed by atoms with Gasteiger partial charge in [0.15, 0.2) is 0 Å². The average molecular weight is 644 g/mol. The third-order valence-corrected chi connectivity index (χ3v) is 7.54. The molecule has 1 amide bonds. The third-order valence-electron chi connectivity index (χ3n) is 7.54. The predicted molar refractivity (Wildman–Crippen MR) is 169 cm³/mol. The number of methoxy groups -OCH3 is 1. The molecule has 0 radical (unpaired) electrons. The smallest absolute Gasteiger partial charge is 1.00 e. The van der Waals surface area contributed by atoms with E-state index >= 15 is 0 Å². The van der Waals surface area contributed by atoms with Gasteiger partial charge in [-0.1, -0.05) is 6.07 Å². The molecule has 0 aromatic carbocycles. The fourth-order valence-corrected chi connectivity index (χ4v) is 4.92. The molecule has 3 aliphatic rings. The zero-order valence-corrected chi connectivity index (χ0v) is 30.1. The zero-order chi connectivity index (χ0) is 31.9. The molecule has 6 heterocycles. The summed E-state index contributed by atoms with van der Waals surface area (Å²) in [6, 6.07) is 11.6. The van der Waals surface area contributed by atoms with Gasteiger partial charge in [-0.15, -0.1) is 0 Å². The number of hydrogen-bond donors (Lipinski definition) is 0. The van der Waals surface area contributed by atoms with Crippen LogP contribution in [0.3, 0.4) is 0 Å². The zero-order valence-electron chi connectivity index (χ0n) is 28.0. The number of ether oxygens (including phenoxy) is 1. The van der Waals surface area contributed by atoms with E-state index in [4.69, 9.17) is 5.11 Å². The van der Waals surface area contributed by atoms with Gasteiger partial charge in [-0.05, 0) is 68.8 Å². The van der Waals surface area contributed by atoms with E-state index in [1.807, 2.05) is 32.6 Å². The summed E-state index contributed by atoms with van der Waals surface area (Å²) in [4.78, 5) is 50.9. The first-order valence-electron chi connectivity index (χ1n) is 14.7. The maximum atomic E-state index is 12.0. The molecule has 2 saturated heterocycles. The summed E-state index contributed by atoms with van der Waals surface area (Å²) in [6.07, 6.45) is 15.1. The average Bonchev–Trinajstić information content (AvgIpc) is 3.77. The molecule has 0 spiro atoms. The monoisotopic (exact) mass is 643 g/mol. The van der Waals surface area contributed by atoms with E-state index < -0.39 is 0 Å². The van der Waals surface area contributed by atoms with Crippen LogP contribution >= 0.6 is 0 Å². The van der Waals surface area contributed by atoms with Crippen molar-refractivity contribution in [1.29, 1.82) is 0 Å². The van der Waals surface area contributed by atoms with Crippen LogP contribution in [0.25, 0.3) is 0 Å². The Bertz CT molecular complexity index is 1390. The first-order chi connectivity index (χ1) is 21.2. The van der Waals surface area contributed by atoms with Crippen molar-refractivity contribution in [2.45, 2.75) is 38.1 Å². The number of esters is 1. The fraction of sp³-hybridized carbons (Fsp3) is 0.394. The normalized spacial score (nSPS) is 17.2. The van der Waals surface area contributed by atoms with Crippen molar-refractivity contribution < 1.29 is 77.0 Å². The minimum absolute atomic E-state index is 0. The van der Waals surface area contributed by atoms with E-state index in [1.165, 1.54) is 38.3 Å². The summed E-state index contributed by atoms with van der Waals surface area (Å²) in [5.41, 5.74) is 2.99. The molecule has 2 N–H and O–H groups in total. The van der Waals surface area contributed by atoms with Crippen molar-refractivity contribution in [2.75, 3.05) is 47.9 Å². The molecule has 0 saturated carbocycles. The van der Waals surface area contributed by atoms with Crippen LogP contribution in [0.4, 0.5) is 0 Å². The summed E-state index contributed by atoms with van der Waals surface area (Å²) < 4.78 is 4.46. The Hall–Kier alpha value is -3.00. The van der Waals surface area contributed by atoms with Crippen molar-refractivity contribution in [3.05, 3.63) is 102 Å². The summed E-state index contributed by atoms with van der Waals surface area (Å²) in [7, 11) is 7.20. The standard InChI is InChI=1S/C11H12N2O2.C10H14N2.C7H7NO2.C5H9NO.K.H/c1-13-6-4-9(11(13)15)10(14)8-3-2-5-12-7-8;1-12-7-3-5-10(12)9-4-2-6-11-8-9;1-10-7(9)6-3-2-4-8-5-6;1-6-4-2-3-5(6)7;;/h2-3,5,7,15H,4,6H2,1H3;2,4,6,8,10H,3,5,7H2,1H3;2-5H,1H3;2-4H2,1H3;;/q;;;;+1;-1/p+1. The molecule has 1 atom stereocenters. The second-order valence-corrected chi connectivity index (χ2v) is 10.6. The first kappa shape index (κ1) is 38.2. The van der Waals surface area contributed by atoms with Crippen molar-refractivity contribution in [1.82, 2.24) is 29.7 Å². The molecule has 3 aromatic rings. The van der Waals surface area contributed by atoms with Crippen LogP contribution in [0, 0.1) is 0 Å². The molecule has 11 nitrogen and oxygen atoms in total. The van der Waals surface area contributed by atoms with Gasteiger partial charge < -0.3 is 21.1 Å². The van der Waals surface area contributed by atoms with Crippen LogP contribution in [0.2, 0.25) is 0 Å². The number of nitrogens with zero attached hydrogens (tertiary/aromatic N) is 6. The summed E-state index contributed by atoms with van der Waals surface area (Å²) in [5.74, 6) is 0.203. The molecule has 2 fully saturated rings. The van der Waals surface area contributed by atoms with E-state index in [-0.39, 0.29) is 64.6 Å². The Morgan fingerprint density at radius 1 is 0.844 bits per heavy atom. The van der Waals surface area contributed by atoms with E-state index in [1.54, 1.807) is 52.7 Å². The Balaban J connectivity index is 0.000000312. The number of ketones is 1. The largest absolute Gasteiger partial charge is 1.00 e. The fourth-order valence-electron chi connectivity index (χ4n) is 4.92.